The number of rotatable bonds is 2. The molecule has 2 rings (SSSR count). The third-order valence-electron chi connectivity index (χ3n) is 2.39. The maximum Gasteiger partial charge on any atom is 0.131 e. The van der Waals surface area contributed by atoms with E-state index in [9.17, 15) is 4.39 Å². The summed E-state index contributed by atoms with van der Waals surface area (Å²) >= 11 is 5.94. The van der Waals surface area contributed by atoms with Crippen molar-refractivity contribution < 1.29 is 4.39 Å². The summed E-state index contributed by atoms with van der Waals surface area (Å²) < 4.78 is 13.5. The van der Waals surface area contributed by atoms with E-state index < -0.39 is 0 Å². The first-order chi connectivity index (χ1) is 7.72. The predicted octanol–water partition coefficient (Wildman–Crippen LogP) is 3.40. The molecule has 0 saturated heterocycles. The maximum atomic E-state index is 13.5. The van der Waals surface area contributed by atoms with Crippen LogP contribution in [0, 0.1) is 11.9 Å². The molecule has 0 aliphatic carbocycles. The minimum absolute atomic E-state index is 0.274. The van der Waals surface area contributed by atoms with Crippen molar-refractivity contribution in [2.45, 2.75) is 6.54 Å². The third kappa shape index (κ3) is 2.08. The van der Waals surface area contributed by atoms with Crippen molar-refractivity contribution in [2.24, 2.45) is 5.73 Å². The zero-order chi connectivity index (χ0) is 11.5. The summed E-state index contributed by atoms with van der Waals surface area (Å²) in [5, 5.41) is 0.603. The highest BCUT2D eigenvalue weighted by Gasteiger charge is 2.06. The zero-order valence-electron chi connectivity index (χ0n) is 8.50. The second kappa shape index (κ2) is 4.64. The summed E-state index contributed by atoms with van der Waals surface area (Å²) in [6, 6.07) is 12.7. The van der Waals surface area contributed by atoms with Crippen LogP contribution in [-0.4, -0.2) is 0 Å². The molecule has 2 aromatic carbocycles. The average Bonchev–Trinajstić information content (AvgIpc) is 2.31. The molecule has 0 atom stereocenters. The van der Waals surface area contributed by atoms with Gasteiger partial charge in [-0.25, -0.2) is 4.39 Å². The Kier molecular flexibility index (Phi) is 3.22. The minimum atomic E-state index is -0.274. The predicted molar refractivity (Wildman–Crippen MR) is 63.6 cm³/mol. The molecular formula is C13H10ClFN. The van der Waals surface area contributed by atoms with Crippen molar-refractivity contribution in [1.82, 2.24) is 0 Å². The molecule has 0 aromatic heterocycles. The summed E-state index contributed by atoms with van der Waals surface area (Å²) in [5.41, 5.74) is 7.63. The average molecular weight is 235 g/mol. The lowest BCUT2D eigenvalue weighted by Gasteiger charge is -2.06. The molecule has 0 aliphatic heterocycles. The molecule has 1 nitrogen and oxygen atoms in total. The Labute approximate surface area is 98.7 Å². The molecule has 0 unspecified atom stereocenters. The Morgan fingerprint density at radius 1 is 1.31 bits per heavy atom. The second-order valence-corrected chi connectivity index (χ2v) is 3.82. The smallest absolute Gasteiger partial charge is 0.131 e. The number of benzene rings is 2. The number of nitrogens with two attached hydrogens (primary N) is 1. The van der Waals surface area contributed by atoms with E-state index in [1.165, 1.54) is 6.07 Å². The second-order valence-electron chi connectivity index (χ2n) is 3.42. The van der Waals surface area contributed by atoms with E-state index in [2.05, 4.69) is 6.07 Å². The first kappa shape index (κ1) is 11.1. The van der Waals surface area contributed by atoms with Gasteiger partial charge in [0.25, 0.3) is 0 Å². The molecule has 0 spiro atoms. The highest BCUT2D eigenvalue weighted by Crippen LogP contribution is 2.26. The van der Waals surface area contributed by atoms with Gasteiger partial charge in [-0.2, -0.15) is 0 Å². The summed E-state index contributed by atoms with van der Waals surface area (Å²) in [6.07, 6.45) is 0. The van der Waals surface area contributed by atoms with E-state index in [0.29, 0.717) is 17.1 Å². The Morgan fingerprint density at radius 3 is 2.81 bits per heavy atom. The van der Waals surface area contributed by atoms with Crippen LogP contribution in [0.4, 0.5) is 4.39 Å². The van der Waals surface area contributed by atoms with Crippen LogP contribution in [0.3, 0.4) is 0 Å². The number of hydrogen-bond acceptors (Lipinski definition) is 1. The molecule has 0 saturated carbocycles. The van der Waals surface area contributed by atoms with Crippen LogP contribution in [-0.2, 0) is 6.54 Å². The van der Waals surface area contributed by atoms with Gasteiger partial charge in [0, 0.05) is 17.1 Å². The van der Waals surface area contributed by atoms with Crippen LogP contribution in [0.15, 0.2) is 36.4 Å². The lowest BCUT2D eigenvalue weighted by molar-refractivity contribution is 0.631. The van der Waals surface area contributed by atoms with Crippen LogP contribution in [0.1, 0.15) is 5.56 Å². The quantitative estimate of drug-likeness (QED) is 0.847. The largest absolute Gasteiger partial charge is 0.326 e. The summed E-state index contributed by atoms with van der Waals surface area (Å²) in [6.45, 7) is 0.338. The molecule has 0 amide bonds. The van der Waals surface area contributed by atoms with Crippen molar-refractivity contribution in [3.8, 4) is 11.1 Å². The fraction of sp³-hybridized carbons (Fsp3) is 0.0769. The zero-order valence-corrected chi connectivity index (χ0v) is 9.26. The van der Waals surface area contributed by atoms with Crippen molar-refractivity contribution in [2.75, 3.05) is 0 Å². The summed E-state index contributed by atoms with van der Waals surface area (Å²) in [4.78, 5) is 0. The molecule has 3 heteroatoms. The van der Waals surface area contributed by atoms with Crippen LogP contribution < -0.4 is 5.73 Å². The molecule has 0 fully saturated rings. The Bertz CT molecular complexity index is 511. The standard InChI is InChI=1S/C13H10ClFN/c14-12-6-5-9(7-10(12)8-16)11-3-1-2-4-13(11)15/h2-7H,8,16H2. The van der Waals surface area contributed by atoms with Gasteiger partial charge in [-0.1, -0.05) is 23.7 Å². The maximum absolute atomic E-state index is 13.5. The van der Waals surface area contributed by atoms with Crippen molar-refractivity contribution >= 4 is 11.6 Å². The molecule has 0 heterocycles. The van der Waals surface area contributed by atoms with Crippen LogP contribution >= 0.6 is 11.6 Å². The Morgan fingerprint density at radius 2 is 2.12 bits per heavy atom. The minimum Gasteiger partial charge on any atom is -0.326 e. The summed E-state index contributed by atoms with van der Waals surface area (Å²) in [7, 11) is 0. The van der Waals surface area contributed by atoms with Gasteiger partial charge in [-0.15, -0.1) is 0 Å². The third-order valence-corrected chi connectivity index (χ3v) is 2.76. The van der Waals surface area contributed by atoms with E-state index in [1.54, 1.807) is 30.3 Å². The van der Waals surface area contributed by atoms with Gasteiger partial charge in [0.15, 0.2) is 0 Å². The monoisotopic (exact) mass is 234 g/mol. The van der Waals surface area contributed by atoms with Crippen molar-refractivity contribution in [1.29, 1.82) is 0 Å². The van der Waals surface area contributed by atoms with Gasteiger partial charge in [0.2, 0.25) is 0 Å². The lowest BCUT2D eigenvalue weighted by Crippen LogP contribution is -1.97. The van der Waals surface area contributed by atoms with E-state index >= 15 is 0 Å². The van der Waals surface area contributed by atoms with Crippen molar-refractivity contribution in [3.63, 3.8) is 0 Å². The van der Waals surface area contributed by atoms with E-state index in [-0.39, 0.29) is 5.82 Å². The molecule has 16 heavy (non-hydrogen) atoms. The molecule has 0 aliphatic rings. The van der Waals surface area contributed by atoms with Gasteiger partial charge in [0.05, 0.1) is 0 Å². The summed E-state index contributed by atoms with van der Waals surface area (Å²) in [5.74, 6) is -0.274. The van der Waals surface area contributed by atoms with E-state index in [4.69, 9.17) is 17.3 Å². The normalized spacial score (nSPS) is 10.4. The van der Waals surface area contributed by atoms with E-state index in [0.717, 1.165) is 11.1 Å². The van der Waals surface area contributed by atoms with Gasteiger partial charge in [0.1, 0.15) is 5.82 Å². The van der Waals surface area contributed by atoms with E-state index in [1.807, 2.05) is 0 Å². The molecule has 2 aromatic rings. The first-order valence-electron chi connectivity index (χ1n) is 4.87. The van der Waals surface area contributed by atoms with Gasteiger partial charge >= 0.3 is 0 Å². The molecule has 2 N–H and O–H groups in total. The number of halogens is 2. The molecule has 1 radical (unpaired) electrons. The van der Waals surface area contributed by atoms with Crippen LogP contribution in [0.25, 0.3) is 11.1 Å². The highest BCUT2D eigenvalue weighted by molar-refractivity contribution is 6.31. The SMILES string of the molecule is NCc1cc(-c2c[c]ccc2F)ccc1Cl. The molecular weight excluding hydrogens is 225 g/mol. The lowest BCUT2D eigenvalue weighted by atomic mass is 10.0. The number of hydrogen-bond donors (Lipinski definition) is 1. The van der Waals surface area contributed by atoms with Gasteiger partial charge < -0.3 is 5.73 Å². The topological polar surface area (TPSA) is 26.0 Å². The fourth-order valence-electron chi connectivity index (χ4n) is 1.53. The van der Waals surface area contributed by atoms with Gasteiger partial charge in [-0.05, 0) is 41.5 Å². The molecule has 81 valence electrons. The van der Waals surface area contributed by atoms with Gasteiger partial charge in [-0.3, -0.25) is 0 Å². The fourth-order valence-corrected chi connectivity index (χ4v) is 1.73. The first-order valence-corrected chi connectivity index (χ1v) is 5.24. The molecule has 0 bridgehead atoms. The van der Waals surface area contributed by atoms with Crippen LogP contribution in [0.5, 0.6) is 0 Å². The van der Waals surface area contributed by atoms with Crippen molar-refractivity contribution in [3.05, 3.63) is 58.9 Å². The van der Waals surface area contributed by atoms with Crippen LogP contribution in [0.2, 0.25) is 5.02 Å². The Balaban J connectivity index is 2.53. The Hall–Kier alpha value is -1.38. The highest BCUT2D eigenvalue weighted by atomic mass is 35.5.